The summed E-state index contributed by atoms with van der Waals surface area (Å²) in [7, 11) is -3.47. The van der Waals surface area contributed by atoms with Crippen molar-refractivity contribution in [1.29, 1.82) is 0 Å². The Bertz CT molecular complexity index is 614. The van der Waals surface area contributed by atoms with E-state index in [2.05, 4.69) is 29.8 Å². The van der Waals surface area contributed by atoms with Crippen molar-refractivity contribution < 1.29 is 8.42 Å². The molecule has 1 aromatic rings. The maximum Gasteiger partial charge on any atom is 0.243 e. The maximum atomic E-state index is 12.9. The van der Waals surface area contributed by atoms with Gasteiger partial charge in [-0.3, -0.25) is 0 Å². The zero-order valence-corrected chi connectivity index (χ0v) is 14.5. The molecule has 1 aromatic carbocycles. The Kier molecular flexibility index (Phi) is 4.47. The van der Waals surface area contributed by atoms with Gasteiger partial charge in [-0.15, -0.1) is 0 Å². The standard InChI is InChI=1S/C14H21BrN2O2S/c1-9(2)13-5-4-6-17(13)20(18,19)14-8-12(16)11(15)7-10(14)3/h7-9,13H,4-6,16H2,1-3H3. The Morgan fingerprint density at radius 1 is 1.40 bits per heavy atom. The Labute approximate surface area is 129 Å². The highest BCUT2D eigenvalue weighted by Crippen LogP contribution is 2.33. The third-order valence-corrected chi connectivity index (χ3v) is 6.65. The van der Waals surface area contributed by atoms with Gasteiger partial charge >= 0.3 is 0 Å². The van der Waals surface area contributed by atoms with E-state index in [9.17, 15) is 8.42 Å². The molecule has 0 aromatic heterocycles. The molecule has 20 heavy (non-hydrogen) atoms. The maximum absolute atomic E-state index is 12.9. The van der Waals surface area contributed by atoms with E-state index < -0.39 is 10.0 Å². The molecule has 0 amide bonds. The molecule has 1 heterocycles. The fourth-order valence-electron chi connectivity index (χ4n) is 2.80. The number of aryl methyl sites for hydroxylation is 1. The van der Waals surface area contributed by atoms with Crippen molar-refractivity contribution in [3.63, 3.8) is 0 Å². The normalized spacial score (nSPS) is 20.8. The number of anilines is 1. The van der Waals surface area contributed by atoms with Crippen LogP contribution in [-0.4, -0.2) is 25.3 Å². The SMILES string of the molecule is Cc1cc(Br)c(N)cc1S(=O)(=O)N1CCCC1C(C)C. The summed E-state index contributed by atoms with van der Waals surface area (Å²) < 4.78 is 28.2. The number of sulfonamides is 1. The van der Waals surface area contributed by atoms with Crippen LogP contribution in [0.25, 0.3) is 0 Å². The summed E-state index contributed by atoms with van der Waals surface area (Å²) in [6.45, 7) is 6.54. The van der Waals surface area contributed by atoms with Crippen LogP contribution in [0.5, 0.6) is 0 Å². The lowest BCUT2D eigenvalue weighted by Gasteiger charge is -2.27. The Morgan fingerprint density at radius 2 is 2.05 bits per heavy atom. The fourth-order valence-corrected chi connectivity index (χ4v) is 5.33. The monoisotopic (exact) mass is 360 g/mol. The molecule has 2 N–H and O–H groups in total. The summed E-state index contributed by atoms with van der Waals surface area (Å²) in [5.74, 6) is 0.320. The first-order chi connectivity index (χ1) is 9.25. The van der Waals surface area contributed by atoms with Crippen molar-refractivity contribution in [3.8, 4) is 0 Å². The molecule has 112 valence electrons. The summed E-state index contributed by atoms with van der Waals surface area (Å²) >= 11 is 3.33. The molecule has 1 aliphatic heterocycles. The molecule has 1 aliphatic rings. The van der Waals surface area contributed by atoms with Crippen LogP contribution in [-0.2, 0) is 10.0 Å². The topological polar surface area (TPSA) is 63.4 Å². The zero-order valence-electron chi connectivity index (χ0n) is 12.1. The van der Waals surface area contributed by atoms with Gasteiger partial charge in [0.15, 0.2) is 0 Å². The number of halogens is 1. The molecular formula is C14H21BrN2O2S. The van der Waals surface area contributed by atoms with Crippen molar-refractivity contribution >= 4 is 31.6 Å². The van der Waals surface area contributed by atoms with E-state index in [1.165, 1.54) is 0 Å². The second-order valence-corrected chi connectivity index (χ2v) is 8.42. The van der Waals surface area contributed by atoms with Crippen molar-refractivity contribution in [1.82, 2.24) is 4.31 Å². The summed E-state index contributed by atoms with van der Waals surface area (Å²) in [5.41, 5.74) is 7.03. The molecule has 0 spiro atoms. The van der Waals surface area contributed by atoms with E-state index in [1.54, 1.807) is 23.4 Å². The van der Waals surface area contributed by atoms with E-state index >= 15 is 0 Å². The third-order valence-electron chi connectivity index (χ3n) is 3.90. The molecule has 6 heteroatoms. The molecule has 0 aliphatic carbocycles. The van der Waals surface area contributed by atoms with Crippen molar-refractivity contribution in [2.75, 3.05) is 12.3 Å². The van der Waals surface area contributed by atoms with Crippen molar-refractivity contribution in [2.45, 2.75) is 44.6 Å². The van der Waals surface area contributed by atoms with Crippen LogP contribution >= 0.6 is 15.9 Å². The molecule has 0 radical (unpaired) electrons. The quantitative estimate of drug-likeness (QED) is 0.842. The van der Waals surface area contributed by atoms with Gasteiger partial charge in [0.25, 0.3) is 0 Å². The highest BCUT2D eigenvalue weighted by atomic mass is 79.9. The number of hydrogen-bond acceptors (Lipinski definition) is 3. The van der Waals surface area contributed by atoms with Gasteiger partial charge in [0.1, 0.15) is 0 Å². The molecular weight excluding hydrogens is 340 g/mol. The predicted molar refractivity (Wildman–Crippen MR) is 85.0 cm³/mol. The summed E-state index contributed by atoms with van der Waals surface area (Å²) in [6, 6.07) is 3.41. The Hall–Kier alpha value is -0.590. The largest absolute Gasteiger partial charge is 0.398 e. The summed E-state index contributed by atoms with van der Waals surface area (Å²) in [6.07, 6.45) is 1.86. The second-order valence-electron chi connectivity index (χ2n) is 5.71. The minimum absolute atomic E-state index is 0.0873. The lowest BCUT2D eigenvalue weighted by molar-refractivity contribution is 0.315. The Morgan fingerprint density at radius 3 is 2.65 bits per heavy atom. The number of nitrogen functional groups attached to an aromatic ring is 1. The molecule has 2 rings (SSSR count). The summed E-state index contributed by atoms with van der Waals surface area (Å²) in [5, 5.41) is 0. The van der Waals surface area contributed by atoms with Crippen LogP contribution in [0.15, 0.2) is 21.5 Å². The first-order valence-corrected chi connectivity index (χ1v) is 9.06. The van der Waals surface area contributed by atoms with Crippen molar-refractivity contribution in [2.24, 2.45) is 5.92 Å². The first-order valence-electron chi connectivity index (χ1n) is 6.82. The van der Waals surface area contributed by atoms with Gasteiger partial charge < -0.3 is 5.73 Å². The number of nitrogens with zero attached hydrogens (tertiary/aromatic N) is 1. The molecule has 4 nitrogen and oxygen atoms in total. The van der Waals surface area contributed by atoms with Gasteiger partial charge in [-0.1, -0.05) is 13.8 Å². The molecule has 0 saturated carbocycles. The minimum Gasteiger partial charge on any atom is -0.398 e. The number of rotatable bonds is 3. The predicted octanol–water partition coefficient (Wildman–Crippen LogP) is 3.15. The lowest BCUT2D eigenvalue weighted by Crippen LogP contribution is -2.38. The third kappa shape index (κ3) is 2.73. The zero-order chi connectivity index (χ0) is 15.1. The summed E-state index contributed by atoms with van der Waals surface area (Å²) in [4.78, 5) is 0.325. The average molecular weight is 361 g/mol. The van der Waals surface area contributed by atoms with Crippen molar-refractivity contribution in [3.05, 3.63) is 22.2 Å². The smallest absolute Gasteiger partial charge is 0.243 e. The van der Waals surface area contributed by atoms with E-state index in [1.807, 2.05) is 0 Å². The van der Waals surface area contributed by atoms with Crippen LogP contribution < -0.4 is 5.73 Å². The minimum atomic E-state index is -3.47. The van der Waals surface area contributed by atoms with Gasteiger partial charge in [-0.25, -0.2) is 8.42 Å². The molecule has 1 fully saturated rings. The van der Waals surface area contributed by atoms with Gasteiger partial charge in [0, 0.05) is 22.7 Å². The van der Waals surface area contributed by atoms with E-state index in [-0.39, 0.29) is 6.04 Å². The fraction of sp³-hybridized carbons (Fsp3) is 0.571. The Balaban J connectivity index is 2.48. The molecule has 1 unspecified atom stereocenters. The number of nitrogens with two attached hydrogens (primary N) is 1. The lowest BCUT2D eigenvalue weighted by atomic mass is 10.0. The van der Waals surface area contributed by atoms with Crippen LogP contribution in [0.2, 0.25) is 0 Å². The first kappa shape index (κ1) is 15.8. The van der Waals surface area contributed by atoms with Gasteiger partial charge in [-0.05, 0) is 59.3 Å². The van der Waals surface area contributed by atoms with E-state index in [4.69, 9.17) is 5.73 Å². The van der Waals surface area contributed by atoms with Crippen LogP contribution in [0.4, 0.5) is 5.69 Å². The van der Waals surface area contributed by atoms with Crippen LogP contribution in [0.3, 0.4) is 0 Å². The second kappa shape index (κ2) is 5.66. The number of hydrogen-bond donors (Lipinski definition) is 1. The molecule has 0 bridgehead atoms. The average Bonchev–Trinajstić information content (AvgIpc) is 2.83. The highest BCUT2D eigenvalue weighted by Gasteiger charge is 2.37. The molecule has 1 saturated heterocycles. The van der Waals surface area contributed by atoms with Crippen LogP contribution in [0, 0.1) is 12.8 Å². The van der Waals surface area contributed by atoms with E-state index in [0.29, 0.717) is 23.0 Å². The van der Waals surface area contributed by atoms with Gasteiger partial charge in [-0.2, -0.15) is 4.31 Å². The highest BCUT2D eigenvalue weighted by molar-refractivity contribution is 9.10. The van der Waals surface area contributed by atoms with Gasteiger partial charge in [0.2, 0.25) is 10.0 Å². The van der Waals surface area contributed by atoms with Gasteiger partial charge in [0.05, 0.1) is 4.90 Å². The van der Waals surface area contributed by atoms with E-state index in [0.717, 1.165) is 22.9 Å². The van der Waals surface area contributed by atoms with Crippen LogP contribution in [0.1, 0.15) is 32.3 Å². The number of benzene rings is 1. The molecule has 1 atom stereocenters.